The largest absolute Gasteiger partial charge is 0.346 e. The van der Waals surface area contributed by atoms with Gasteiger partial charge in [-0.05, 0) is 24.3 Å². The summed E-state index contributed by atoms with van der Waals surface area (Å²) in [7, 11) is 0. The number of hydrogen-bond donors (Lipinski definition) is 2. The van der Waals surface area contributed by atoms with Gasteiger partial charge >= 0.3 is 0 Å². The Bertz CT molecular complexity index is 706. The second-order valence-corrected chi connectivity index (χ2v) is 4.14. The van der Waals surface area contributed by atoms with Gasteiger partial charge in [-0.3, -0.25) is 14.9 Å². The number of pyridine rings is 1. The topological polar surface area (TPSA) is 70.7 Å². The number of rotatable bonds is 3. The van der Waals surface area contributed by atoms with E-state index in [2.05, 4.69) is 20.5 Å². The minimum Gasteiger partial charge on any atom is -0.346 e. The predicted octanol–water partition coefficient (Wildman–Crippen LogP) is 1.89. The van der Waals surface area contributed by atoms with Gasteiger partial charge in [-0.15, -0.1) is 0 Å². The number of carbonyl (C=O) groups excluding carboxylic acids is 1. The van der Waals surface area contributed by atoms with E-state index in [4.69, 9.17) is 0 Å². The van der Waals surface area contributed by atoms with Gasteiger partial charge in [0.15, 0.2) is 0 Å². The molecule has 0 saturated heterocycles. The Kier molecular flexibility index (Phi) is 2.94. The normalized spacial score (nSPS) is 10.5. The van der Waals surface area contributed by atoms with E-state index in [0.717, 1.165) is 16.6 Å². The number of hydrogen-bond acceptors (Lipinski definition) is 3. The molecule has 0 aliphatic heterocycles. The van der Waals surface area contributed by atoms with Crippen molar-refractivity contribution in [2.75, 3.05) is 0 Å². The van der Waals surface area contributed by atoms with E-state index in [1.807, 2.05) is 30.3 Å². The molecule has 0 fully saturated rings. The first-order valence-corrected chi connectivity index (χ1v) is 5.95. The lowest BCUT2D eigenvalue weighted by Crippen LogP contribution is -2.23. The summed E-state index contributed by atoms with van der Waals surface area (Å²) in [5.74, 6) is -0.127. The van der Waals surface area contributed by atoms with Crippen molar-refractivity contribution in [2.24, 2.45) is 0 Å². The number of nitrogens with zero attached hydrogens (tertiary/aromatic N) is 2. The fourth-order valence-corrected chi connectivity index (χ4v) is 1.93. The third-order valence-corrected chi connectivity index (χ3v) is 2.89. The summed E-state index contributed by atoms with van der Waals surface area (Å²) in [6, 6.07) is 11.1. The van der Waals surface area contributed by atoms with Gasteiger partial charge in [0.25, 0.3) is 5.91 Å². The van der Waals surface area contributed by atoms with E-state index in [-0.39, 0.29) is 5.91 Å². The molecule has 19 heavy (non-hydrogen) atoms. The van der Waals surface area contributed by atoms with Gasteiger partial charge in [0.05, 0.1) is 29.5 Å². The molecule has 3 rings (SSSR count). The summed E-state index contributed by atoms with van der Waals surface area (Å²) in [5, 5.41) is 10.5. The maximum absolute atomic E-state index is 12.1. The number of aromatic amines is 1. The summed E-state index contributed by atoms with van der Waals surface area (Å²) in [6.07, 6.45) is 3.36. The number of fused-ring (bicyclic) bond motifs is 1. The first kappa shape index (κ1) is 11.4. The Morgan fingerprint density at radius 1 is 1.21 bits per heavy atom. The second kappa shape index (κ2) is 4.89. The average Bonchev–Trinajstić information content (AvgIpc) is 2.94. The van der Waals surface area contributed by atoms with E-state index < -0.39 is 0 Å². The average molecular weight is 252 g/mol. The quantitative estimate of drug-likeness (QED) is 0.747. The molecule has 5 heteroatoms. The van der Waals surface area contributed by atoms with Crippen molar-refractivity contribution in [1.29, 1.82) is 0 Å². The first-order chi connectivity index (χ1) is 9.34. The van der Waals surface area contributed by atoms with Crippen LogP contribution >= 0.6 is 0 Å². The van der Waals surface area contributed by atoms with Crippen LogP contribution in [0.2, 0.25) is 0 Å². The molecule has 0 unspecified atom stereocenters. The Balaban J connectivity index is 1.79. The third kappa shape index (κ3) is 2.30. The lowest BCUT2D eigenvalue weighted by atomic mass is 10.1. The van der Waals surface area contributed by atoms with Crippen molar-refractivity contribution in [3.8, 4) is 0 Å². The molecule has 0 atom stereocenters. The van der Waals surface area contributed by atoms with Gasteiger partial charge in [0, 0.05) is 11.6 Å². The number of carbonyl (C=O) groups is 1. The zero-order valence-electron chi connectivity index (χ0n) is 10.1. The lowest BCUT2D eigenvalue weighted by Gasteiger charge is -2.05. The van der Waals surface area contributed by atoms with Crippen molar-refractivity contribution >= 4 is 16.8 Å². The molecular weight excluding hydrogens is 240 g/mol. The van der Waals surface area contributed by atoms with E-state index in [1.54, 1.807) is 18.5 Å². The van der Waals surface area contributed by atoms with Gasteiger partial charge in [-0.2, -0.15) is 5.10 Å². The molecule has 94 valence electrons. The van der Waals surface area contributed by atoms with E-state index in [9.17, 15) is 4.79 Å². The summed E-state index contributed by atoms with van der Waals surface area (Å²) in [4.78, 5) is 16.3. The number of nitrogens with one attached hydrogen (secondary N) is 2. The molecule has 3 aromatic rings. The highest BCUT2D eigenvalue weighted by molar-refractivity contribution is 6.05. The number of benzene rings is 1. The molecule has 2 heterocycles. The van der Waals surface area contributed by atoms with Crippen molar-refractivity contribution in [2.45, 2.75) is 6.54 Å². The van der Waals surface area contributed by atoms with Crippen LogP contribution in [0.5, 0.6) is 0 Å². The van der Waals surface area contributed by atoms with Crippen LogP contribution in [-0.2, 0) is 6.54 Å². The molecule has 1 amide bonds. The molecule has 2 N–H and O–H groups in total. The molecule has 0 saturated carbocycles. The number of aromatic nitrogens is 3. The lowest BCUT2D eigenvalue weighted by molar-refractivity contribution is 0.0952. The van der Waals surface area contributed by atoms with Gasteiger partial charge in [0.2, 0.25) is 0 Å². The van der Waals surface area contributed by atoms with Crippen LogP contribution in [0.25, 0.3) is 10.9 Å². The SMILES string of the molecule is O=C(NCc1ccccn1)c1cccc2[nH]ncc12. The van der Waals surface area contributed by atoms with Crippen LogP contribution in [0.1, 0.15) is 16.1 Å². The Morgan fingerprint density at radius 2 is 2.16 bits per heavy atom. The summed E-state index contributed by atoms with van der Waals surface area (Å²) < 4.78 is 0. The van der Waals surface area contributed by atoms with Crippen LogP contribution in [0.15, 0.2) is 48.8 Å². The maximum atomic E-state index is 12.1. The Hall–Kier alpha value is -2.69. The predicted molar refractivity (Wildman–Crippen MR) is 71.5 cm³/mol. The van der Waals surface area contributed by atoms with Gasteiger partial charge < -0.3 is 5.32 Å². The van der Waals surface area contributed by atoms with Crippen molar-refractivity contribution in [3.63, 3.8) is 0 Å². The van der Waals surface area contributed by atoms with Gasteiger partial charge in [-0.1, -0.05) is 12.1 Å². The fraction of sp³-hybridized carbons (Fsp3) is 0.0714. The van der Waals surface area contributed by atoms with Gasteiger partial charge in [0.1, 0.15) is 0 Å². The monoisotopic (exact) mass is 252 g/mol. The molecule has 0 radical (unpaired) electrons. The Morgan fingerprint density at radius 3 is 3.00 bits per heavy atom. The molecule has 0 aliphatic carbocycles. The number of amides is 1. The zero-order chi connectivity index (χ0) is 13.1. The van der Waals surface area contributed by atoms with Crippen molar-refractivity contribution in [1.82, 2.24) is 20.5 Å². The van der Waals surface area contributed by atoms with Crippen molar-refractivity contribution in [3.05, 3.63) is 60.0 Å². The molecular formula is C14H12N4O. The second-order valence-electron chi connectivity index (χ2n) is 4.14. The molecule has 1 aromatic carbocycles. The molecule has 0 spiro atoms. The minimum atomic E-state index is -0.127. The standard InChI is InChI=1S/C14H12N4O/c19-14(16-8-10-4-1-2-7-15-10)11-5-3-6-13-12(11)9-17-18-13/h1-7,9H,8H2,(H,16,19)(H,17,18). The highest BCUT2D eigenvalue weighted by Gasteiger charge is 2.10. The first-order valence-electron chi connectivity index (χ1n) is 5.95. The van der Waals surface area contributed by atoms with E-state index in [0.29, 0.717) is 12.1 Å². The van der Waals surface area contributed by atoms with Crippen LogP contribution in [0, 0.1) is 0 Å². The maximum Gasteiger partial charge on any atom is 0.252 e. The van der Waals surface area contributed by atoms with Gasteiger partial charge in [-0.25, -0.2) is 0 Å². The highest BCUT2D eigenvalue weighted by Crippen LogP contribution is 2.15. The molecule has 0 bridgehead atoms. The summed E-state index contributed by atoms with van der Waals surface area (Å²) >= 11 is 0. The van der Waals surface area contributed by atoms with Crippen LogP contribution in [-0.4, -0.2) is 21.1 Å². The van der Waals surface area contributed by atoms with E-state index >= 15 is 0 Å². The zero-order valence-corrected chi connectivity index (χ0v) is 10.1. The minimum absolute atomic E-state index is 0.127. The summed E-state index contributed by atoms with van der Waals surface area (Å²) in [5.41, 5.74) is 2.29. The molecule has 5 nitrogen and oxygen atoms in total. The summed E-state index contributed by atoms with van der Waals surface area (Å²) in [6.45, 7) is 0.411. The van der Waals surface area contributed by atoms with Crippen molar-refractivity contribution < 1.29 is 4.79 Å². The molecule has 2 aromatic heterocycles. The van der Waals surface area contributed by atoms with Crippen LogP contribution < -0.4 is 5.32 Å². The molecule has 0 aliphatic rings. The van der Waals surface area contributed by atoms with E-state index in [1.165, 1.54) is 0 Å². The fourth-order valence-electron chi connectivity index (χ4n) is 1.93. The van der Waals surface area contributed by atoms with Crippen LogP contribution in [0.4, 0.5) is 0 Å². The number of H-pyrrole nitrogens is 1. The third-order valence-electron chi connectivity index (χ3n) is 2.89. The smallest absolute Gasteiger partial charge is 0.252 e. The van der Waals surface area contributed by atoms with Crippen LogP contribution in [0.3, 0.4) is 0 Å². The Labute approximate surface area is 109 Å². The highest BCUT2D eigenvalue weighted by atomic mass is 16.1.